The van der Waals surface area contributed by atoms with Crippen molar-refractivity contribution in [3.05, 3.63) is 69.7 Å². The third-order valence-corrected chi connectivity index (χ3v) is 4.55. The minimum Gasteiger partial charge on any atom is -0.385 e. The molecule has 1 aromatic rings. The van der Waals surface area contributed by atoms with Crippen molar-refractivity contribution >= 4 is 29.0 Å². The van der Waals surface area contributed by atoms with Crippen molar-refractivity contribution < 1.29 is 4.79 Å². The largest absolute Gasteiger partial charge is 0.385 e. The standard InChI is InChI=1S/C19H23ClN4O2/c1-4-15(20)8-7-13-5-6-14(18(25)23-12(13)2)11-22-16-9-10-17(21)24(3)19(16)26/h4,6-10,13,22H,2,5,11,21H2,1,3H3,(H,23,25)/b8-7+,15-4+. The van der Waals surface area contributed by atoms with E-state index in [0.717, 1.165) is 0 Å². The zero-order valence-electron chi connectivity index (χ0n) is 14.9. The zero-order valence-corrected chi connectivity index (χ0v) is 15.6. The quantitative estimate of drug-likeness (QED) is 0.691. The first-order valence-corrected chi connectivity index (χ1v) is 8.59. The second-order valence-electron chi connectivity index (χ2n) is 5.97. The van der Waals surface area contributed by atoms with Crippen molar-refractivity contribution in [2.45, 2.75) is 13.3 Å². The number of amides is 1. The summed E-state index contributed by atoms with van der Waals surface area (Å²) in [6, 6.07) is 3.25. The molecule has 7 heteroatoms. The monoisotopic (exact) mass is 374 g/mol. The van der Waals surface area contributed by atoms with Crippen LogP contribution in [0.1, 0.15) is 13.3 Å². The van der Waals surface area contributed by atoms with Gasteiger partial charge in [-0.1, -0.05) is 36.4 Å². The van der Waals surface area contributed by atoms with Gasteiger partial charge >= 0.3 is 0 Å². The lowest BCUT2D eigenvalue weighted by Gasteiger charge is -2.12. The molecule has 1 atom stereocenters. The molecule has 2 rings (SSSR count). The lowest BCUT2D eigenvalue weighted by Crippen LogP contribution is -2.29. The maximum absolute atomic E-state index is 12.3. The van der Waals surface area contributed by atoms with E-state index >= 15 is 0 Å². The lowest BCUT2D eigenvalue weighted by molar-refractivity contribution is -0.116. The molecule has 26 heavy (non-hydrogen) atoms. The number of pyridine rings is 1. The van der Waals surface area contributed by atoms with E-state index in [1.54, 1.807) is 31.3 Å². The average Bonchev–Trinajstić information content (AvgIpc) is 2.75. The SMILES string of the molecule is C=C1NC(=O)C(CNc2ccc(N)n(C)c2=O)=CCC1/C=C/C(Cl)=C\C. The van der Waals surface area contributed by atoms with Crippen LogP contribution in [-0.2, 0) is 11.8 Å². The molecule has 138 valence electrons. The Hall–Kier alpha value is -2.73. The molecule has 1 unspecified atom stereocenters. The first kappa shape index (κ1) is 19.6. The summed E-state index contributed by atoms with van der Waals surface area (Å²) >= 11 is 5.98. The van der Waals surface area contributed by atoms with Crippen molar-refractivity contribution in [3.8, 4) is 0 Å². The van der Waals surface area contributed by atoms with Gasteiger partial charge in [-0.25, -0.2) is 0 Å². The van der Waals surface area contributed by atoms with E-state index in [2.05, 4.69) is 17.2 Å². The molecule has 6 nitrogen and oxygen atoms in total. The average molecular weight is 375 g/mol. The third kappa shape index (κ3) is 4.67. The molecule has 1 aliphatic heterocycles. The van der Waals surface area contributed by atoms with E-state index in [9.17, 15) is 9.59 Å². The van der Waals surface area contributed by atoms with Gasteiger partial charge in [0, 0.05) is 35.8 Å². The lowest BCUT2D eigenvalue weighted by atomic mass is 10.0. The summed E-state index contributed by atoms with van der Waals surface area (Å²) in [7, 11) is 1.59. The normalized spacial score (nSPS) is 18.5. The summed E-state index contributed by atoms with van der Waals surface area (Å²) in [5, 5.41) is 6.42. The summed E-state index contributed by atoms with van der Waals surface area (Å²) in [6.45, 7) is 6.01. The van der Waals surface area contributed by atoms with E-state index in [4.69, 9.17) is 17.3 Å². The highest BCUT2D eigenvalue weighted by Crippen LogP contribution is 2.21. The Morgan fingerprint density at radius 1 is 1.50 bits per heavy atom. The Morgan fingerprint density at radius 3 is 2.92 bits per heavy atom. The van der Waals surface area contributed by atoms with Gasteiger partial charge in [0.2, 0.25) is 0 Å². The van der Waals surface area contributed by atoms with Gasteiger partial charge in [-0.05, 0) is 31.6 Å². The molecule has 4 N–H and O–H groups in total. The molecular weight excluding hydrogens is 352 g/mol. The van der Waals surface area contributed by atoms with Crippen LogP contribution in [0.4, 0.5) is 11.5 Å². The number of hydrogen-bond acceptors (Lipinski definition) is 4. The van der Waals surface area contributed by atoms with Crippen molar-refractivity contribution in [2.75, 3.05) is 17.6 Å². The number of aromatic nitrogens is 1. The van der Waals surface area contributed by atoms with Gasteiger partial charge in [0.15, 0.2) is 0 Å². The van der Waals surface area contributed by atoms with Crippen LogP contribution < -0.4 is 21.9 Å². The predicted molar refractivity (Wildman–Crippen MR) is 107 cm³/mol. The van der Waals surface area contributed by atoms with E-state index in [0.29, 0.717) is 34.2 Å². The molecule has 0 aliphatic carbocycles. The number of allylic oxidation sites excluding steroid dienone is 5. The van der Waals surface area contributed by atoms with Gasteiger partial charge in [0.25, 0.3) is 11.5 Å². The smallest absolute Gasteiger partial charge is 0.275 e. The van der Waals surface area contributed by atoms with Gasteiger partial charge < -0.3 is 16.4 Å². The Bertz CT molecular complexity index is 865. The topological polar surface area (TPSA) is 89.2 Å². The second-order valence-corrected chi connectivity index (χ2v) is 6.41. The first-order valence-electron chi connectivity index (χ1n) is 8.22. The maximum Gasteiger partial charge on any atom is 0.275 e. The Balaban J connectivity index is 2.12. The van der Waals surface area contributed by atoms with Crippen LogP contribution in [-0.4, -0.2) is 17.0 Å². The third-order valence-electron chi connectivity index (χ3n) is 4.21. The molecule has 1 aliphatic rings. The number of rotatable bonds is 5. The molecule has 0 saturated heterocycles. The van der Waals surface area contributed by atoms with Gasteiger partial charge in [0.1, 0.15) is 11.5 Å². The van der Waals surface area contributed by atoms with Gasteiger partial charge in [-0.2, -0.15) is 0 Å². The van der Waals surface area contributed by atoms with Crippen LogP contribution in [0, 0.1) is 5.92 Å². The van der Waals surface area contributed by atoms with Crippen molar-refractivity contribution in [1.82, 2.24) is 9.88 Å². The molecule has 1 amide bonds. The summed E-state index contributed by atoms with van der Waals surface area (Å²) in [4.78, 5) is 24.5. The first-order chi connectivity index (χ1) is 12.3. The summed E-state index contributed by atoms with van der Waals surface area (Å²) in [5.41, 5.74) is 6.98. The summed E-state index contributed by atoms with van der Waals surface area (Å²) in [5.74, 6) is 0.0926. The van der Waals surface area contributed by atoms with E-state index in [1.807, 2.05) is 19.1 Å². The maximum atomic E-state index is 12.3. The van der Waals surface area contributed by atoms with Crippen LogP contribution >= 0.6 is 11.6 Å². The minimum absolute atomic E-state index is 0.0467. The Morgan fingerprint density at radius 2 is 2.23 bits per heavy atom. The predicted octanol–water partition coefficient (Wildman–Crippen LogP) is 2.65. The molecule has 0 saturated carbocycles. The molecule has 0 spiro atoms. The number of carbonyl (C=O) groups excluding carboxylic acids is 1. The fraction of sp³-hybridized carbons (Fsp3) is 0.263. The molecular formula is C19H23ClN4O2. The second kappa shape index (κ2) is 8.58. The van der Waals surface area contributed by atoms with E-state index < -0.39 is 0 Å². The van der Waals surface area contributed by atoms with Crippen LogP contribution in [0.2, 0.25) is 0 Å². The Kier molecular flexibility index (Phi) is 6.46. The molecule has 1 aromatic heterocycles. The molecule has 0 fully saturated rings. The molecule has 0 aromatic carbocycles. The van der Waals surface area contributed by atoms with Crippen LogP contribution in [0.3, 0.4) is 0 Å². The van der Waals surface area contributed by atoms with Crippen molar-refractivity contribution in [3.63, 3.8) is 0 Å². The van der Waals surface area contributed by atoms with Gasteiger partial charge in [-0.15, -0.1) is 0 Å². The molecule has 2 heterocycles. The van der Waals surface area contributed by atoms with E-state index in [1.165, 1.54) is 4.57 Å². The number of anilines is 2. The highest BCUT2D eigenvalue weighted by Gasteiger charge is 2.19. The summed E-state index contributed by atoms with van der Waals surface area (Å²) in [6.07, 6.45) is 7.94. The fourth-order valence-corrected chi connectivity index (χ4v) is 2.52. The Labute approximate surface area is 157 Å². The number of carbonyl (C=O) groups is 1. The molecule has 0 bridgehead atoms. The number of nitrogen functional groups attached to an aromatic ring is 1. The highest BCUT2D eigenvalue weighted by molar-refractivity contribution is 6.31. The van der Waals surface area contributed by atoms with Gasteiger partial charge in [0.05, 0.1) is 0 Å². The molecule has 0 radical (unpaired) electrons. The summed E-state index contributed by atoms with van der Waals surface area (Å²) < 4.78 is 1.34. The zero-order chi connectivity index (χ0) is 19.3. The number of nitrogens with zero attached hydrogens (tertiary/aromatic N) is 1. The van der Waals surface area contributed by atoms with E-state index in [-0.39, 0.29) is 23.9 Å². The van der Waals surface area contributed by atoms with Crippen molar-refractivity contribution in [2.24, 2.45) is 13.0 Å². The number of hydrogen-bond donors (Lipinski definition) is 3. The minimum atomic E-state index is -0.245. The number of nitrogens with two attached hydrogens (primary N) is 1. The van der Waals surface area contributed by atoms with Crippen LogP contribution in [0.15, 0.2) is 64.1 Å². The highest BCUT2D eigenvalue weighted by atomic mass is 35.5. The number of halogens is 1. The van der Waals surface area contributed by atoms with Crippen molar-refractivity contribution in [1.29, 1.82) is 0 Å². The van der Waals surface area contributed by atoms with Gasteiger partial charge in [-0.3, -0.25) is 14.2 Å². The number of nitrogens with one attached hydrogen (secondary N) is 2. The van der Waals surface area contributed by atoms with Crippen LogP contribution in [0.5, 0.6) is 0 Å². The fourth-order valence-electron chi connectivity index (χ4n) is 2.45. The van der Waals surface area contributed by atoms with Crippen LogP contribution in [0.25, 0.3) is 0 Å².